The molecule has 0 unspecified atom stereocenters. The second-order valence-corrected chi connectivity index (χ2v) is 12.9. The number of aliphatic carboxylic acids is 2. The van der Waals surface area contributed by atoms with Crippen LogP contribution in [0.1, 0.15) is 75.2 Å². The molecule has 11 nitrogen and oxygen atoms in total. The van der Waals surface area contributed by atoms with Crippen molar-refractivity contribution in [2.24, 2.45) is 5.41 Å². The van der Waals surface area contributed by atoms with Gasteiger partial charge >= 0.3 is 18.0 Å². The van der Waals surface area contributed by atoms with Crippen molar-refractivity contribution in [3.05, 3.63) is 0 Å². The van der Waals surface area contributed by atoms with Crippen molar-refractivity contribution < 1.29 is 38.9 Å². The molecule has 0 aromatic heterocycles. The molecular formula is C24H41N3O8S. The second kappa shape index (κ2) is 11.3. The molecule has 2 atom stereocenters. The monoisotopic (exact) mass is 531 g/mol. The van der Waals surface area contributed by atoms with E-state index in [4.69, 9.17) is 4.74 Å². The molecule has 0 aromatic carbocycles. The van der Waals surface area contributed by atoms with E-state index in [9.17, 15) is 34.2 Å². The van der Waals surface area contributed by atoms with Gasteiger partial charge in [0.05, 0.1) is 5.88 Å². The van der Waals surface area contributed by atoms with Gasteiger partial charge in [-0.15, -0.1) is 11.8 Å². The normalized spacial score (nSPS) is 18.2. The number of thioether (sulfide) groups is 1. The van der Waals surface area contributed by atoms with Gasteiger partial charge in [0.2, 0.25) is 11.8 Å². The summed E-state index contributed by atoms with van der Waals surface area (Å²) in [7, 11) is 0. The molecule has 1 rings (SSSR count). The zero-order chi connectivity index (χ0) is 28.3. The van der Waals surface area contributed by atoms with Crippen molar-refractivity contribution in [3.63, 3.8) is 0 Å². The van der Waals surface area contributed by atoms with E-state index in [1.54, 1.807) is 62.3 Å². The van der Waals surface area contributed by atoms with E-state index in [0.29, 0.717) is 0 Å². The maximum atomic E-state index is 14.1. The number of amides is 3. The zero-order valence-corrected chi connectivity index (χ0v) is 23.6. The molecule has 0 spiro atoms. The van der Waals surface area contributed by atoms with Crippen LogP contribution >= 0.6 is 11.8 Å². The molecule has 0 bridgehead atoms. The third-order valence-corrected chi connectivity index (χ3v) is 6.85. The number of alkyl carbamates (subject to hydrolysis) is 1. The summed E-state index contributed by atoms with van der Waals surface area (Å²) in [5.41, 5.74) is -4.67. The molecule has 0 radical (unpaired) electrons. The summed E-state index contributed by atoms with van der Waals surface area (Å²) in [6.45, 7) is 14.7. The number of nitrogens with zero attached hydrogens (tertiary/aromatic N) is 2. The third-order valence-electron chi connectivity index (χ3n) is 5.84. The molecule has 1 aliphatic rings. The van der Waals surface area contributed by atoms with Crippen molar-refractivity contribution in [2.45, 2.75) is 97.9 Å². The highest BCUT2D eigenvalue weighted by atomic mass is 32.2. The molecule has 0 saturated carbocycles. The number of hydrogen-bond donors (Lipinski definition) is 3. The molecule has 1 heterocycles. The Balaban J connectivity index is 3.38. The Kier molecular flexibility index (Phi) is 9.87. The number of carbonyl (C=O) groups excluding carboxylic acids is 3. The van der Waals surface area contributed by atoms with Crippen molar-refractivity contribution in [3.8, 4) is 0 Å². The molecule has 36 heavy (non-hydrogen) atoms. The predicted molar refractivity (Wildman–Crippen MR) is 135 cm³/mol. The van der Waals surface area contributed by atoms with Gasteiger partial charge in [-0.2, -0.15) is 0 Å². The summed E-state index contributed by atoms with van der Waals surface area (Å²) >= 11 is 1.34. The van der Waals surface area contributed by atoms with Crippen molar-refractivity contribution in [2.75, 3.05) is 18.2 Å². The molecule has 1 fully saturated rings. The van der Waals surface area contributed by atoms with Crippen LogP contribution in [0, 0.1) is 5.41 Å². The number of carboxylic acids is 2. The van der Waals surface area contributed by atoms with Crippen molar-refractivity contribution >= 4 is 41.6 Å². The lowest BCUT2D eigenvalue weighted by molar-refractivity contribution is -0.181. The second-order valence-electron chi connectivity index (χ2n) is 11.9. The number of ether oxygens (including phenoxy) is 1. The van der Waals surface area contributed by atoms with Crippen LogP contribution in [0.5, 0.6) is 0 Å². The maximum absolute atomic E-state index is 14.1. The fraction of sp³-hybridized carbons (Fsp3) is 0.792. The van der Waals surface area contributed by atoms with Crippen LogP contribution in [-0.2, 0) is 23.9 Å². The standard InChI is InChI=1S/C24H41N3O8S/c1-21(2,3)24(19(32)33,11-10-17(29)30)27(22(4,5)6)18(31)15-13-36-14-26(15)16(28)12-25-20(34)35-23(7,8)9/h15H,10-14H2,1-9H3,(H,25,34)(H,29,30)(H,32,33)/t15-,24-/m0/s1. The highest BCUT2D eigenvalue weighted by Gasteiger charge is 2.59. The topological polar surface area (TPSA) is 154 Å². The lowest BCUT2D eigenvalue weighted by atomic mass is 9.67. The van der Waals surface area contributed by atoms with Gasteiger partial charge in [0.25, 0.3) is 0 Å². The Hall–Kier alpha value is -2.50. The fourth-order valence-electron chi connectivity index (χ4n) is 4.33. The largest absolute Gasteiger partial charge is 0.481 e. The van der Waals surface area contributed by atoms with Gasteiger partial charge in [0.1, 0.15) is 23.7 Å². The van der Waals surface area contributed by atoms with E-state index in [1.807, 2.05) is 0 Å². The van der Waals surface area contributed by atoms with Gasteiger partial charge in [-0.05, 0) is 53.4 Å². The Morgan fingerprint density at radius 1 is 1.00 bits per heavy atom. The Bertz CT molecular complexity index is 872. The Morgan fingerprint density at radius 3 is 1.97 bits per heavy atom. The van der Waals surface area contributed by atoms with E-state index in [-0.39, 0.29) is 18.1 Å². The summed E-state index contributed by atoms with van der Waals surface area (Å²) < 4.78 is 5.15. The van der Waals surface area contributed by atoms with Gasteiger partial charge < -0.3 is 30.1 Å². The lowest BCUT2D eigenvalue weighted by Gasteiger charge is -2.55. The van der Waals surface area contributed by atoms with Gasteiger partial charge in [-0.3, -0.25) is 14.4 Å². The first kappa shape index (κ1) is 31.5. The van der Waals surface area contributed by atoms with Crippen LogP contribution < -0.4 is 5.32 Å². The molecular weight excluding hydrogens is 490 g/mol. The fourth-order valence-corrected chi connectivity index (χ4v) is 5.50. The molecule has 0 aromatic rings. The third kappa shape index (κ3) is 7.50. The molecule has 12 heteroatoms. The minimum atomic E-state index is -1.86. The average Bonchev–Trinajstić information content (AvgIpc) is 3.15. The minimum absolute atomic E-state index is 0.188. The molecule has 3 N–H and O–H groups in total. The van der Waals surface area contributed by atoms with Gasteiger partial charge in [0.15, 0.2) is 0 Å². The highest BCUT2D eigenvalue weighted by Crippen LogP contribution is 2.44. The summed E-state index contributed by atoms with van der Waals surface area (Å²) in [4.78, 5) is 65.9. The first-order valence-electron chi connectivity index (χ1n) is 11.8. The number of carbonyl (C=O) groups is 5. The van der Waals surface area contributed by atoms with E-state index in [2.05, 4.69) is 5.32 Å². The number of nitrogens with one attached hydrogen (secondary N) is 1. The summed E-state index contributed by atoms with van der Waals surface area (Å²) in [6, 6.07) is -0.979. The Labute approximate surface area is 217 Å². The zero-order valence-electron chi connectivity index (χ0n) is 22.8. The maximum Gasteiger partial charge on any atom is 0.408 e. The van der Waals surface area contributed by atoms with Crippen LogP contribution in [0.15, 0.2) is 0 Å². The first-order chi connectivity index (χ1) is 16.1. The summed E-state index contributed by atoms with van der Waals surface area (Å²) in [5, 5.41) is 22.2. The first-order valence-corrected chi connectivity index (χ1v) is 12.9. The van der Waals surface area contributed by atoms with Crippen LogP contribution in [-0.4, -0.2) is 90.8 Å². The summed E-state index contributed by atoms with van der Waals surface area (Å²) in [6.07, 6.45) is -1.53. The lowest BCUT2D eigenvalue weighted by Crippen LogP contribution is -2.71. The summed E-state index contributed by atoms with van der Waals surface area (Å²) in [5.74, 6) is -3.15. The van der Waals surface area contributed by atoms with Gasteiger partial charge in [0, 0.05) is 17.7 Å². The number of rotatable bonds is 8. The van der Waals surface area contributed by atoms with E-state index < -0.39 is 70.9 Å². The van der Waals surface area contributed by atoms with Crippen LogP contribution in [0.2, 0.25) is 0 Å². The molecule has 206 valence electrons. The molecule has 1 saturated heterocycles. The SMILES string of the molecule is CC(C)(C)OC(=O)NCC(=O)N1CSC[C@H]1C(=O)N(C(C)(C)C)[C@@](CCC(=O)O)(C(=O)O)C(C)(C)C. The van der Waals surface area contributed by atoms with Crippen LogP contribution in [0.25, 0.3) is 0 Å². The van der Waals surface area contributed by atoms with E-state index in [1.165, 1.54) is 21.6 Å². The molecule has 0 aliphatic carbocycles. The number of hydrogen-bond acceptors (Lipinski definition) is 7. The molecule has 1 aliphatic heterocycles. The Morgan fingerprint density at radius 2 is 1.56 bits per heavy atom. The quantitative estimate of drug-likeness (QED) is 0.429. The van der Waals surface area contributed by atoms with Crippen molar-refractivity contribution in [1.29, 1.82) is 0 Å². The average molecular weight is 532 g/mol. The van der Waals surface area contributed by atoms with Crippen LogP contribution in [0.3, 0.4) is 0 Å². The van der Waals surface area contributed by atoms with Gasteiger partial charge in [-0.25, -0.2) is 9.59 Å². The van der Waals surface area contributed by atoms with Crippen LogP contribution in [0.4, 0.5) is 4.79 Å². The highest BCUT2D eigenvalue weighted by molar-refractivity contribution is 7.99. The minimum Gasteiger partial charge on any atom is -0.481 e. The molecule has 3 amide bonds. The van der Waals surface area contributed by atoms with E-state index >= 15 is 0 Å². The van der Waals surface area contributed by atoms with E-state index in [0.717, 1.165) is 0 Å². The number of carboxylic acid groups (broad SMARTS) is 2. The smallest absolute Gasteiger partial charge is 0.408 e. The predicted octanol–water partition coefficient (Wildman–Crippen LogP) is 2.77. The van der Waals surface area contributed by atoms with Crippen molar-refractivity contribution in [1.82, 2.24) is 15.1 Å². The van der Waals surface area contributed by atoms with Gasteiger partial charge in [-0.1, -0.05) is 20.8 Å².